The summed E-state index contributed by atoms with van der Waals surface area (Å²) < 4.78 is 0. The molecule has 0 bridgehead atoms. The first-order valence-corrected chi connectivity index (χ1v) is 6.17. The molecule has 16 heavy (non-hydrogen) atoms. The van der Waals surface area contributed by atoms with E-state index in [1.54, 1.807) is 6.20 Å². The normalized spacial score (nSPS) is 25.4. The molecule has 0 amide bonds. The first-order valence-electron chi connectivity index (χ1n) is 5.79. The summed E-state index contributed by atoms with van der Waals surface area (Å²) in [6.45, 7) is 0. The van der Waals surface area contributed by atoms with Crippen molar-refractivity contribution in [2.24, 2.45) is 5.73 Å². The highest BCUT2D eigenvalue weighted by molar-refractivity contribution is 6.32. The molecule has 0 radical (unpaired) electrons. The number of aromatic nitrogens is 1. The second-order valence-corrected chi connectivity index (χ2v) is 4.84. The van der Waals surface area contributed by atoms with Crippen LogP contribution >= 0.6 is 11.6 Å². The van der Waals surface area contributed by atoms with Gasteiger partial charge in [-0.3, -0.25) is 0 Å². The lowest BCUT2D eigenvalue weighted by Gasteiger charge is -2.36. The number of nitrogens with two attached hydrogens (primary N) is 1. The Morgan fingerprint density at radius 2 is 2.19 bits per heavy atom. The van der Waals surface area contributed by atoms with Crippen molar-refractivity contribution >= 4 is 17.4 Å². The molecule has 88 valence electrons. The van der Waals surface area contributed by atoms with Crippen LogP contribution in [-0.4, -0.2) is 24.1 Å². The van der Waals surface area contributed by atoms with Crippen molar-refractivity contribution in [3.8, 4) is 0 Å². The van der Waals surface area contributed by atoms with Gasteiger partial charge < -0.3 is 10.6 Å². The van der Waals surface area contributed by atoms with E-state index in [-0.39, 0.29) is 6.04 Å². The molecule has 0 aliphatic heterocycles. The summed E-state index contributed by atoms with van der Waals surface area (Å²) >= 11 is 6.14. The SMILES string of the molecule is CN(c1ncccc1Cl)C1CCCCC1N. The Morgan fingerprint density at radius 3 is 2.88 bits per heavy atom. The van der Waals surface area contributed by atoms with Crippen LogP contribution in [0, 0.1) is 0 Å². The molecule has 2 N–H and O–H groups in total. The van der Waals surface area contributed by atoms with Crippen molar-refractivity contribution in [3.05, 3.63) is 23.4 Å². The fraction of sp³-hybridized carbons (Fsp3) is 0.583. The summed E-state index contributed by atoms with van der Waals surface area (Å²) in [4.78, 5) is 6.46. The summed E-state index contributed by atoms with van der Waals surface area (Å²) in [7, 11) is 2.03. The highest BCUT2D eigenvalue weighted by Gasteiger charge is 2.26. The zero-order chi connectivity index (χ0) is 11.5. The zero-order valence-electron chi connectivity index (χ0n) is 9.56. The Labute approximate surface area is 102 Å². The molecule has 2 rings (SSSR count). The summed E-state index contributed by atoms with van der Waals surface area (Å²) in [5, 5.41) is 0.697. The minimum Gasteiger partial charge on any atom is -0.354 e. The fourth-order valence-electron chi connectivity index (χ4n) is 2.41. The largest absolute Gasteiger partial charge is 0.354 e. The maximum absolute atomic E-state index is 6.15. The molecule has 2 atom stereocenters. The predicted molar refractivity (Wildman–Crippen MR) is 67.9 cm³/mol. The van der Waals surface area contributed by atoms with Crippen molar-refractivity contribution < 1.29 is 0 Å². The number of halogens is 1. The highest BCUT2D eigenvalue weighted by Crippen LogP contribution is 2.28. The van der Waals surface area contributed by atoms with Crippen LogP contribution in [0.2, 0.25) is 5.02 Å². The van der Waals surface area contributed by atoms with Crippen molar-refractivity contribution in [2.75, 3.05) is 11.9 Å². The lowest BCUT2D eigenvalue weighted by molar-refractivity contribution is 0.372. The molecule has 1 aromatic heterocycles. The number of nitrogens with zero attached hydrogens (tertiary/aromatic N) is 2. The van der Waals surface area contributed by atoms with Crippen LogP contribution in [0.15, 0.2) is 18.3 Å². The average Bonchev–Trinajstić information content (AvgIpc) is 2.29. The molecule has 4 heteroatoms. The topological polar surface area (TPSA) is 42.2 Å². The first kappa shape index (κ1) is 11.7. The highest BCUT2D eigenvalue weighted by atomic mass is 35.5. The van der Waals surface area contributed by atoms with Gasteiger partial charge in [0.05, 0.1) is 5.02 Å². The zero-order valence-corrected chi connectivity index (χ0v) is 10.3. The van der Waals surface area contributed by atoms with Gasteiger partial charge in [0, 0.05) is 25.3 Å². The molecule has 0 saturated heterocycles. The monoisotopic (exact) mass is 239 g/mol. The van der Waals surface area contributed by atoms with Gasteiger partial charge in [-0.15, -0.1) is 0 Å². The van der Waals surface area contributed by atoms with Gasteiger partial charge in [-0.05, 0) is 25.0 Å². The second-order valence-electron chi connectivity index (χ2n) is 4.44. The third-order valence-electron chi connectivity index (χ3n) is 3.35. The lowest BCUT2D eigenvalue weighted by Crippen LogP contribution is -2.48. The van der Waals surface area contributed by atoms with Crippen LogP contribution < -0.4 is 10.6 Å². The Hall–Kier alpha value is -0.800. The van der Waals surface area contributed by atoms with E-state index in [0.717, 1.165) is 18.7 Å². The summed E-state index contributed by atoms with van der Waals surface area (Å²) in [5.41, 5.74) is 6.15. The van der Waals surface area contributed by atoms with E-state index in [1.165, 1.54) is 12.8 Å². The van der Waals surface area contributed by atoms with Crippen LogP contribution in [-0.2, 0) is 0 Å². The summed E-state index contributed by atoms with van der Waals surface area (Å²) in [6, 6.07) is 4.31. The van der Waals surface area contributed by atoms with Crippen molar-refractivity contribution in [1.29, 1.82) is 0 Å². The Kier molecular flexibility index (Phi) is 3.66. The molecule has 2 unspecified atom stereocenters. The lowest BCUT2D eigenvalue weighted by atomic mass is 9.90. The van der Waals surface area contributed by atoms with Gasteiger partial charge in [0.2, 0.25) is 0 Å². The molecule has 0 aromatic carbocycles. The number of rotatable bonds is 2. The van der Waals surface area contributed by atoms with Crippen molar-refractivity contribution in [1.82, 2.24) is 4.98 Å². The van der Waals surface area contributed by atoms with E-state index in [4.69, 9.17) is 17.3 Å². The number of anilines is 1. The van der Waals surface area contributed by atoms with Gasteiger partial charge in [-0.1, -0.05) is 24.4 Å². The smallest absolute Gasteiger partial charge is 0.147 e. The van der Waals surface area contributed by atoms with Crippen LogP contribution in [0.5, 0.6) is 0 Å². The van der Waals surface area contributed by atoms with Gasteiger partial charge in [-0.2, -0.15) is 0 Å². The molecule has 1 aliphatic carbocycles. The predicted octanol–water partition coefficient (Wildman–Crippen LogP) is 2.44. The van der Waals surface area contributed by atoms with E-state index in [1.807, 2.05) is 19.2 Å². The molecule has 1 saturated carbocycles. The average molecular weight is 240 g/mol. The third-order valence-corrected chi connectivity index (χ3v) is 3.65. The quantitative estimate of drug-likeness (QED) is 0.862. The van der Waals surface area contributed by atoms with Crippen molar-refractivity contribution in [3.63, 3.8) is 0 Å². The molecule has 1 aromatic rings. The Morgan fingerprint density at radius 1 is 1.44 bits per heavy atom. The second kappa shape index (κ2) is 5.02. The minimum absolute atomic E-state index is 0.233. The molecule has 3 nitrogen and oxygen atoms in total. The molecule has 1 fully saturated rings. The van der Waals surface area contributed by atoms with E-state index in [2.05, 4.69) is 9.88 Å². The maximum atomic E-state index is 6.15. The number of likely N-dealkylation sites (N-methyl/N-ethyl adjacent to an activating group) is 1. The van der Waals surface area contributed by atoms with Crippen LogP contribution in [0.4, 0.5) is 5.82 Å². The molecule has 0 spiro atoms. The third kappa shape index (κ3) is 2.30. The van der Waals surface area contributed by atoms with Crippen LogP contribution in [0.25, 0.3) is 0 Å². The van der Waals surface area contributed by atoms with Gasteiger partial charge in [-0.25, -0.2) is 4.98 Å². The van der Waals surface area contributed by atoms with Gasteiger partial charge in [0.15, 0.2) is 0 Å². The minimum atomic E-state index is 0.233. The fourth-order valence-corrected chi connectivity index (χ4v) is 2.67. The first-order chi connectivity index (χ1) is 7.70. The molecule has 1 heterocycles. The molecular weight excluding hydrogens is 222 g/mol. The molecule has 1 aliphatic rings. The van der Waals surface area contributed by atoms with Crippen LogP contribution in [0.3, 0.4) is 0 Å². The molecular formula is C12H18ClN3. The van der Waals surface area contributed by atoms with Crippen LogP contribution in [0.1, 0.15) is 25.7 Å². The number of pyridine rings is 1. The maximum Gasteiger partial charge on any atom is 0.147 e. The standard InChI is InChI=1S/C12H18ClN3/c1-16(11-7-3-2-6-10(11)14)12-9(13)5-4-8-15-12/h4-5,8,10-11H,2-3,6-7,14H2,1H3. The Bertz CT molecular complexity index is 356. The van der Waals surface area contributed by atoms with Gasteiger partial charge >= 0.3 is 0 Å². The van der Waals surface area contributed by atoms with E-state index >= 15 is 0 Å². The van der Waals surface area contributed by atoms with E-state index in [9.17, 15) is 0 Å². The Balaban J connectivity index is 2.17. The summed E-state index contributed by atoms with van der Waals surface area (Å²) in [6.07, 6.45) is 6.48. The van der Waals surface area contributed by atoms with Crippen molar-refractivity contribution in [2.45, 2.75) is 37.8 Å². The van der Waals surface area contributed by atoms with Gasteiger partial charge in [0.25, 0.3) is 0 Å². The van der Waals surface area contributed by atoms with E-state index in [0.29, 0.717) is 11.1 Å². The van der Waals surface area contributed by atoms with Gasteiger partial charge in [0.1, 0.15) is 5.82 Å². The number of hydrogen-bond acceptors (Lipinski definition) is 3. The summed E-state index contributed by atoms with van der Waals surface area (Å²) in [5.74, 6) is 0.839. The van der Waals surface area contributed by atoms with E-state index < -0.39 is 0 Å². The number of hydrogen-bond donors (Lipinski definition) is 1.